The summed E-state index contributed by atoms with van der Waals surface area (Å²) in [6.07, 6.45) is 5.03. The average molecular weight is 316 g/mol. The van der Waals surface area contributed by atoms with Crippen LogP contribution in [0.2, 0.25) is 0 Å². The molecule has 1 aromatic rings. The monoisotopic (exact) mass is 315 g/mol. The highest BCUT2D eigenvalue weighted by Gasteiger charge is 2.18. The molecule has 0 aliphatic rings. The van der Waals surface area contributed by atoms with Gasteiger partial charge in [-0.2, -0.15) is 0 Å². The zero-order valence-corrected chi connectivity index (χ0v) is 12.8. The Hall–Kier alpha value is -0.770. The van der Waals surface area contributed by atoms with E-state index in [4.69, 9.17) is 4.42 Å². The van der Waals surface area contributed by atoms with E-state index >= 15 is 0 Å². The van der Waals surface area contributed by atoms with Crippen LogP contribution in [0.4, 0.5) is 0 Å². The predicted molar refractivity (Wildman–Crippen MR) is 76.8 cm³/mol. The molecule has 0 spiro atoms. The second-order valence-corrected chi connectivity index (χ2v) is 6.11. The highest BCUT2D eigenvalue weighted by atomic mass is 79.9. The summed E-state index contributed by atoms with van der Waals surface area (Å²) in [6, 6.07) is 3.74. The SMILES string of the molecule is CC(C)(CCCBr)CNC(=O)CCc1ccco1. The van der Waals surface area contributed by atoms with Gasteiger partial charge in [-0.15, -0.1) is 0 Å². The molecule has 0 radical (unpaired) electrons. The van der Waals surface area contributed by atoms with Crippen LogP contribution in [0.3, 0.4) is 0 Å². The lowest BCUT2D eigenvalue weighted by molar-refractivity contribution is -0.121. The normalized spacial score (nSPS) is 11.5. The first-order valence-electron chi connectivity index (χ1n) is 6.38. The maximum atomic E-state index is 11.7. The lowest BCUT2D eigenvalue weighted by atomic mass is 9.88. The molecular formula is C14H22BrNO2. The fourth-order valence-electron chi connectivity index (χ4n) is 1.75. The van der Waals surface area contributed by atoms with Gasteiger partial charge in [-0.3, -0.25) is 4.79 Å². The van der Waals surface area contributed by atoms with E-state index in [0.29, 0.717) is 12.8 Å². The molecular weight excluding hydrogens is 294 g/mol. The molecule has 1 rings (SSSR count). The van der Waals surface area contributed by atoms with E-state index < -0.39 is 0 Å². The molecule has 0 aliphatic carbocycles. The Kier molecular flexibility index (Phi) is 6.47. The van der Waals surface area contributed by atoms with Crippen LogP contribution in [0.1, 0.15) is 38.9 Å². The minimum atomic E-state index is 0.0957. The van der Waals surface area contributed by atoms with E-state index in [-0.39, 0.29) is 11.3 Å². The Morgan fingerprint density at radius 2 is 2.28 bits per heavy atom. The molecule has 0 saturated heterocycles. The lowest BCUT2D eigenvalue weighted by Crippen LogP contribution is -2.34. The van der Waals surface area contributed by atoms with Crippen LogP contribution in [-0.2, 0) is 11.2 Å². The smallest absolute Gasteiger partial charge is 0.220 e. The van der Waals surface area contributed by atoms with Gasteiger partial charge in [-0.25, -0.2) is 0 Å². The zero-order valence-electron chi connectivity index (χ0n) is 11.2. The van der Waals surface area contributed by atoms with E-state index in [0.717, 1.165) is 30.5 Å². The second kappa shape index (κ2) is 7.62. The van der Waals surface area contributed by atoms with Crippen molar-refractivity contribution >= 4 is 21.8 Å². The number of aryl methyl sites for hydroxylation is 1. The van der Waals surface area contributed by atoms with Gasteiger partial charge in [0.25, 0.3) is 0 Å². The third-order valence-electron chi connectivity index (χ3n) is 2.93. The van der Waals surface area contributed by atoms with Crippen LogP contribution in [-0.4, -0.2) is 17.8 Å². The summed E-state index contributed by atoms with van der Waals surface area (Å²) in [6.45, 7) is 5.10. The number of furan rings is 1. The molecule has 18 heavy (non-hydrogen) atoms. The predicted octanol–water partition coefficient (Wildman–Crippen LogP) is 3.53. The third kappa shape index (κ3) is 6.24. The molecule has 102 valence electrons. The first-order chi connectivity index (χ1) is 8.53. The molecule has 0 unspecified atom stereocenters. The van der Waals surface area contributed by atoms with Crippen molar-refractivity contribution in [1.82, 2.24) is 5.32 Å². The molecule has 0 atom stereocenters. The second-order valence-electron chi connectivity index (χ2n) is 5.31. The Bertz CT molecular complexity index is 347. The summed E-state index contributed by atoms with van der Waals surface area (Å²) in [5.74, 6) is 0.960. The molecule has 0 fully saturated rings. The molecule has 4 heteroatoms. The highest BCUT2D eigenvalue weighted by molar-refractivity contribution is 9.09. The molecule has 1 amide bonds. The van der Waals surface area contributed by atoms with Gasteiger partial charge >= 0.3 is 0 Å². The van der Waals surface area contributed by atoms with Crippen molar-refractivity contribution in [3.63, 3.8) is 0 Å². The van der Waals surface area contributed by atoms with Crippen molar-refractivity contribution in [3.8, 4) is 0 Å². The summed E-state index contributed by atoms with van der Waals surface area (Å²) < 4.78 is 5.20. The average Bonchev–Trinajstić information content (AvgIpc) is 2.84. The number of rotatable bonds is 8. The van der Waals surface area contributed by atoms with Crippen LogP contribution in [0.5, 0.6) is 0 Å². The van der Waals surface area contributed by atoms with Crippen molar-refractivity contribution in [2.24, 2.45) is 5.41 Å². The van der Waals surface area contributed by atoms with Crippen molar-refractivity contribution < 1.29 is 9.21 Å². The third-order valence-corrected chi connectivity index (χ3v) is 3.49. The van der Waals surface area contributed by atoms with E-state index in [1.807, 2.05) is 12.1 Å². The van der Waals surface area contributed by atoms with Gasteiger partial charge in [0, 0.05) is 24.7 Å². The summed E-state index contributed by atoms with van der Waals surface area (Å²) in [5.41, 5.74) is 0.161. The highest BCUT2D eigenvalue weighted by Crippen LogP contribution is 2.21. The van der Waals surface area contributed by atoms with Gasteiger partial charge in [0.1, 0.15) is 5.76 Å². The number of carbonyl (C=O) groups is 1. The minimum absolute atomic E-state index is 0.0957. The quantitative estimate of drug-likeness (QED) is 0.746. The molecule has 1 aromatic heterocycles. The molecule has 1 N–H and O–H groups in total. The molecule has 0 saturated carbocycles. The maximum absolute atomic E-state index is 11.7. The van der Waals surface area contributed by atoms with Crippen molar-refractivity contribution in [1.29, 1.82) is 0 Å². The fraction of sp³-hybridized carbons (Fsp3) is 0.643. The molecule has 0 bridgehead atoms. The summed E-state index contributed by atoms with van der Waals surface area (Å²) in [5, 5.41) is 4.02. The summed E-state index contributed by atoms with van der Waals surface area (Å²) in [7, 11) is 0. The van der Waals surface area contributed by atoms with Gasteiger partial charge in [0.2, 0.25) is 5.91 Å². The van der Waals surface area contributed by atoms with E-state index in [1.54, 1.807) is 6.26 Å². The zero-order chi connectivity index (χ0) is 13.4. The Morgan fingerprint density at radius 1 is 1.50 bits per heavy atom. The number of alkyl halides is 1. The molecule has 1 heterocycles. The first-order valence-corrected chi connectivity index (χ1v) is 7.51. The molecule has 3 nitrogen and oxygen atoms in total. The van der Waals surface area contributed by atoms with Crippen LogP contribution < -0.4 is 5.32 Å². The van der Waals surface area contributed by atoms with Crippen LogP contribution in [0.15, 0.2) is 22.8 Å². The Labute approximate surface area is 117 Å². The Balaban J connectivity index is 2.20. The van der Waals surface area contributed by atoms with Crippen molar-refractivity contribution in [3.05, 3.63) is 24.2 Å². The van der Waals surface area contributed by atoms with Gasteiger partial charge < -0.3 is 9.73 Å². The van der Waals surface area contributed by atoms with Crippen LogP contribution in [0, 0.1) is 5.41 Å². The van der Waals surface area contributed by atoms with E-state index in [2.05, 4.69) is 35.1 Å². The summed E-state index contributed by atoms with van der Waals surface area (Å²) in [4.78, 5) is 11.7. The number of halogens is 1. The lowest BCUT2D eigenvalue weighted by Gasteiger charge is -2.24. The van der Waals surface area contributed by atoms with E-state index in [1.165, 1.54) is 0 Å². The standard InChI is InChI=1S/C14H22BrNO2/c1-14(2,8-4-9-15)11-16-13(17)7-6-12-5-3-10-18-12/h3,5,10H,4,6-9,11H2,1-2H3,(H,16,17). The summed E-state index contributed by atoms with van der Waals surface area (Å²) >= 11 is 3.43. The largest absolute Gasteiger partial charge is 0.469 e. The molecule has 0 aliphatic heterocycles. The van der Waals surface area contributed by atoms with Crippen molar-refractivity contribution in [2.75, 3.05) is 11.9 Å². The van der Waals surface area contributed by atoms with Gasteiger partial charge in [0.15, 0.2) is 0 Å². The first kappa shape index (κ1) is 15.3. The fourth-order valence-corrected chi connectivity index (χ4v) is 2.03. The van der Waals surface area contributed by atoms with Crippen LogP contribution in [0.25, 0.3) is 0 Å². The van der Waals surface area contributed by atoms with Gasteiger partial charge in [-0.1, -0.05) is 29.8 Å². The van der Waals surface area contributed by atoms with Gasteiger partial charge in [0.05, 0.1) is 6.26 Å². The number of hydrogen-bond acceptors (Lipinski definition) is 2. The van der Waals surface area contributed by atoms with Crippen LogP contribution >= 0.6 is 15.9 Å². The maximum Gasteiger partial charge on any atom is 0.220 e. The number of carbonyl (C=O) groups excluding carboxylic acids is 1. The minimum Gasteiger partial charge on any atom is -0.469 e. The van der Waals surface area contributed by atoms with E-state index in [9.17, 15) is 4.79 Å². The van der Waals surface area contributed by atoms with Crippen molar-refractivity contribution in [2.45, 2.75) is 39.5 Å². The van der Waals surface area contributed by atoms with Gasteiger partial charge in [-0.05, 0) is 30.4 Å². The number of nitrogens with one attached hydrogen (secondary N) is 1. The number of amides is 1. The number of hydrogen-bond donors (Lipinski definition) is 1. The topological polar surface area (TPSA) is 42.2 Å². The Morgan fingerprint density at radius 3 is 2.89 bits per heavy atom. The molecule has 0 aromatic carbocycles.